The first-order valence-corrected chi connectivity index (χ1v) is 24.2. The highest BCUT2D eigenvalue weighted by molar-refractivity contribution is 5.76. The molecule has 54 heavy (non-hydrogen) atoms. The fraction of sp³-hybridized carbons (Fsp3) is 0.860. The van der Waals surface area contributed by atoms with E-state index in [4.69, 9.17) is 0 Å². The highest BCUT2D eigenvalue weighted by Gasteiger charge is 2.17. The molecule has 318 valence electrons. The second-order valence-corrected chi connectivity index (χ2v) is 16.5. The van der Waals surface area contributed by atoms with Crippen LogP contribution in [0.2, 0.25) is 0 Å². The van der Waals surface area contributed by atoms with Crippen LogP contribution in [0.1, 0.15) is 258 Å². The number of hydrogen-bond donors (Lipinski definition) is 3. The molecule has 0 saturated heterocycles. The van der Waals surface area contributed by atoms with Crippen molar-refractivity contribution >= 4 is 5.91 Å². The summed E-state index contributed by atoms with van der Waals surface area (Å²) >= 11 is 0. The molecular formula is C50H95NO3. The largest absolute Gasteiger partial charge is 0.394 e. The van der Waals surface area contributed by atoms with Crippen molar-refractivity contribution in [3.8, 4) is 0 Å². The molecule has 0 aliphatic rings. The van der Waals surface area contributed by atoms with Gasteiger partial charge in [-0.05, 0) is 44.9 Å². The van der Waals surface area contributed by atoms with Gasteiger partial charge in [-0.2, -0.15) is 0 Å². The van der Waals surface area contributed by atoms with E-state index in [0.717, 1.165) is 44.9 Å². The van der Waals surface area contributed by atoms with Gasteiger partial charge < -0.3 is 15.5 Å². The smallest absolute Gasteiger partial charge is 0.220 e. The molecule has 0 aliphatic carbocycles. The summed E-state index contributed by atoms with van der Waals surface area (Å²) in [5.41, 5.74) is 0. The molecule has 0 saturated carbocycles. The van der Waals surface area contributed by atoms with Crippen molar-refractivity contribution in [3.63, 3.8) is 0 Å². The maximum absolute atomic E-state index is 12.4. The van der Waals surface area contributed by atoms with Crippen molar-refractivity contribution in [2.75, 3.05) is 6.61 Å². The number of amides is 1. The van der Waals surface area contributed by atoms with Gasteiger partial charge in [0.2, 0.25) is 5.91 Å². The molecule has 0 heterocycles. The van der Waals surface area contributed by atoms with Gasteiger partial charge in [0, 0.05) is 6.42 Å². The molecule has 2 atom stereocenters. The molecule has 0 aliphatic heterocycles. The molecule has 0 aromatic rings. The molecule has 3 N–H and O–H groups in total. The number of allylic oxidation sites excluding steroid dienone is 5. The second-order valence-electron chi connectivity index (χ2n) is 16.5. The number of carbonyl (C=O) groups is 1. The lowest BCUT2D eigenvalue weighted by Gasteiger charge is -2.20. The minimum absolute atomic E-state index is 0.0776. The second kappa shape index (κ2) is 46.0. The third-order valence-corrected chi connectivity index (χ3v) is 11.1. The van der Waals surface area contributed by atoms with Crippen molar-refractivity contribution in [3.05, 3.63) is 36.5 Å². The van der Waals surface area contributed by atoms with Crippen molar-refractivity contribution < 1.29 is 15.0 Å². The van der Waals surface area contributed by atoms with Crippen LogP contribution in [0.3, 0.4) is 0 Å². The fourth-order valence-corrected chi connectivity index (χ4v) is 7.39. The van der Waals surface area contributed by atoms with Gasteiger partial charge in [0.1, 0.15) is 0 Å². The van der Waals surface area contributed by atoms with Gasteiger partial charge in [-0.15, -0.1) is 0 Å². The van der Waals surface area contributed by atoms with E-state index < -0.39 is 12.1 Å². The molecule has 0 bridgehead atoms. The number of aliphatic hydroxyl groups excluding tert-OH is 2. The first kappa shape index (κ1) is 52.6. The number of unbranched alkanes of at least 4 members (excludes halogenated alkanes) is 33. The number of hydrogen-bond acceptors (Lipinski definition) is 3. The summed E-state index contributed by atoms with van der Waals surface area (Å²) in [6, 6.07) is -0.629. The summed E-state index contributed by atoms with van der Waals surface area (Å²) in [6.07, 6.45) is 61.4. The molecule has 4 nitrogen and oxygen atoms in total. The Bertz CT molecular complexity index is 821. The number of carbonyl (C=O) groups excluding carboxylic acids is 1. The predicted octanol–water partition coefficient (Wildman–Crippen LogP) is 15.4. The summed E-state index contributed by atoms with van der Waals surface area (Å²) in [4.78, 5) is 12.4. The minimum Gasteiger partial charge on any atom is -0.394 e. The molecule has 0 aromatic heterocycles. The van der Waals surface area contributed by atoms with E-state index in [0.29, 0.717) is 6.42 Å². The van der Waals surface area contributed by atoms with E-state index >= 15 is 0 Å². The topological polar surface area (TPSA) is 69.6 Å². The molecule has 0 aromatic carbocycles. The van der Waals surface area contributed by atoms with Gasteiger partial charge in [-0.1, -0.05) is 243 Å². The third-order valence-electron chi connectivity index (χ3n) is 11.1. The average molecular weight is 758 g/mol. The van der Waals surface area contributed by atoms with Crippen LogP contribution in [0.25, 0.3) is 0 Å². The minimum atomic E-state index is -0.844. The maximum atomic E-state index is 12.4. The summed E-state index contributed by atoms with van der Waals surface area (Å²) in [7, 11) is 0. The molecule has 0 spiro atoms. The lowest BCUT2D eigenvalue weighted by Crippen LogP contribution is -2.45. The fourth-order valence-electron chi connectivity index (χ4n) is 7.39. The van der Waals surface area contributed by atoms with Crippen LogP contribution in [-0.4, -0.2) is 34.9 Å². The van der Waals surface area contributed by atoms with Gasteiger partial charge in [0.15, 0.2) is 0 Å². The van der Waals surface area contributed by atoms with Crippen LogP contribution in [0.4, 0.5) is 0 Å². The molecule has 1 amide bonds. The van der Waals surface area contributed by atoms with Crippen molar-refractivity contribution in [1.82, 2.24) is 5.32 Å². The first-order valence-electron chi connectivity index (χ1n) is 24.2. The van der Waals surface area contributed by atoms with E-state index in [1.807, 2.05) is 6.08 Å². The zero-order valence-electron chi connectivity index (χ0n) is 36.5. The predicted molar refractivity (Wildman–Crippen MR) is 239 cm³/mol. The van der Waals surface area contributed by atoms with E-state index in [9.17, 15) is 15.0 Å². The summed E-state index contributed by atoms with van der Waals surface area (Å²) < 4.78 is 0. The Labute approximate surface area is 338 Å². The highest BCUT2D eigenvalue weighted by Crippen LogP contribution is 2.17. The van der Waals surface area contributed by atoms with E-state index in [2.05, 4.69) is 43.5 Å². The van der Waals surface area contributed by atoms with Crippen LogP contribution in [0.5, 0.6) is 0 Å². The van der Waals surface area contributed by atoms with Gasteiger partial charge in [-0.3, -0.25) is 4.79 Å². The Hall–Kier alpha value is -1.39. The maximum Gasteiger partial charge on any atom is 0.220 e. The number of rotatable bonds is 44. The van der Waals surface area contributed by atoms with Crippen molar-refractivity contribution in [2.24, 2.45) is 0 Å². The highest BCUT2D eigenvalue weighted by atomic mass is 16.3. The van der Waals surface area contributed by atoms with Gasteiger partial charge in [-0.25, -0.2) is 0 Å². The molecule has 0 fully saturated rings. The standard InChI is InChI=1S/C50H95NO3/c1-3-5-7-9-11-13-15-17-18-19-20-21-22-23-24-25-26-27-28-29-30-31-32-34-35-37-39-41-43-45-49(53)48(47-52)51-50(54)46-44-42-40-38-36-33-16-14-12-10-8-6-4-2/h8,10,14,16,43,45,48-49,52-53H,3-7,9,11-13,15,17-42,44,46-47H2,1-2H3,(H,51,54)/b10-8-,16-14-,45-43+. The molecule has 0 radical (unpaired) electrons. The van der Waals surface area contributed by atoms with E-state index in [-0.39, 0.29) is 12.5 Å². The lowest BCUT2D eigenvalue weighted by atomic mass is 10.0. The molecule has 2 unspecified atom stereocenters. The van der Waals surface area contributed by atoms with Crippen LogP contribution in [-0.2, 0) is 4.79 Å². The SMILES string of the molecule is CCC/C=C\C/C=C\CCCCCCCC(=O)NC(CO)C(O)/C=C/CCCCCCCCCCCCCCCCCCCCCCCCCCCCC. The van der Waals surface area contributed by atoms with Crippen molar-refractivity contribution in [2.45, 2.75) is 270 Å². The average Bonchev–Trinajstić information content (AvgIpc) is 3.18. The van der Waals surface area contributed by atoms with Crippen LogP contribution >= 0.6 is 0 Å². The third kappa shape index (κ3) is 41.8. The summed E-state index contributed by atoms with van der Waals surface area (Å²) in [5, 5.41) is 23.0. The quantitative estimate of drug-likeness (QED) is 0.0428. The Kier molecular flexibility index (Phi) is 44.8. The molecular weight excluding hydrogens is 663 g/mol. The van der Waals surface area contributed by atoms with Crippen molar-refractivity contribution in [1.29, 1.82) is 0 Å². The van der Waals surface area contributed by atoms with E-state index in [1.165, 1.54) is 193 Å². The molecule has 0 rings (SSSR count). The number of aliphatic hydroxyl groups is 2. The van der Waals surface area contributed by atoms with E-state index in [1.54, 1.807) is 6.08 Å². The summed E-state index contributed by atoms with van der Waals surface area (Å²) in [5.74, 6) is -0.0776. The Morgan fingerprint density at radius 3 is 1.19 bits per heavy atom. The van der Waals surface area contributed by atoms with Gasteiger partial charge in [0.25, 0.3) is 0 Å². The van der Waals surface area contributed by atoms with Crippen LogP contribution in [0, 0.1) is 0 Å². The first-order chi connectivity index (χ1) is 26.7. The Balaban J connectivity index is 3.47. The number of nitrogens with one attached hydrogen (secondary N) is 1. The van der Waals surface area contributed by atoms with Crippen LogP contribution < -0.4 is 5.32 Å². The Morgan fingerprint density at radius 2 is 0.796 bits per heavy atom. The zero-order valence-corrected chi connectivity index (χ0v) is 36.5. The Morgan fingerprint density at radius 1 is 0.444 bits per heavy atom. The zero-order chi connectivity index (χ0) is 39.3. The summed E-state index contributed by atoms with van der Waals surface area (Å²) in [6.45, 7) is 4.25. The normalized spacial score (nSPS) is 13.2. The van der Waals surface area contributed by atoms with Crippen LogP contribution in [0.15, 0.2) is 36.5 Å². The monoisotopic (exact) mass is 758 g/mol. The van der Waals surface area contributed by atoms with Gasteiger partial charge in [0.05, 0.1) is 18.8 Å². The van der Waals surface area contributed by atoms with Gasteiger partial charge >= 0.3 is 0 Å². The lowest BCUT2D eigenvalue weighted by molar-refractivity contribution is -0.123. The molecule has 4 heteroatoms.